The van der Waals surface area contributed by atoms with Gasteiger partial charge in [0.25, 0.3) is 5.69 Å². The van der Waals surface area contributed by atoms with Crippen molar-refractivity contribution in [3.63, 3.8) is 0 Å². The Balaban J connectivity index is 1.76. The van der Waals surface area contributed by atoms with Crippen LogP contribution >= 0.6 is 15.9 Å². The van der Waals surface area contributed by atoms with Crippen LogP contribution in [0.2, 0.25) is 0 Å². The number of nitrogens with zero attached hydrogens (tertiary/aromatic N) is 3. The summed E-state index contributed by atoms with van der Waals surface area (Å²) in [5.74, 6) is -0.297. The summed E-state index contributed by atoms with van der Waals surface area (Å²) in [6.07, 6.45) is 3.70. The summed E-state index contributed by atoms with van der Waals surface area (Å²) in [4.78, 5) is 26.8. The van der Waals surface area contributed by atoms with Gasteiger partial charge >= 0.3 is 0 Å². The lowest BCUT2D eigenvalue weighted by Gasteiger charge is -2.06. The van der Waals surface area contributed by atoms with Gasteiger partial charge in [-0.1, -0.05) is 6.07 Å². The van der Waals surface area contributed by atoms with Crippen LogP contribution in [0.5, 0.6) is 0 Å². The van der Waals surface area contributed by atoms with Crippen LogP contribution in [0.4, 0.5) is 11.4 Å². The first-order valence-electron chi connectivity index (χ1n) is 6.69. The molecule has 0 saturated carbocycles. The third-order valence-corrected chi connectivity index (χ3v) is 3.88. The maximum absolute atomic E-state index is 12.1. The molecule has 7 nitrogen and oxygen atoms in total. The molecule has 0 radical (unpaired) electrons. The van der Waals surface area contributed by atoms with E-state index in [1.54, 1.807) is 6.20 Å². The molecule has 0 fully saturated rings. The summed E-state index contributed by atoms with van der Waals surface area (Å²) in [6, 6.07) is 9.79. The average molecular weight is 375 g/mol. The van der Waals surface area contributed by atoms with Crippen LogP contribution in [0.3, 0.4) is 0 Å². The van der Waals surface area contributed by atoms with Gasteiger partial charge in [0.2, 0.25) is 5.91 Å². The molecular weight excluding hydrogens is 364 g/mol. The minimum absolute atomic E-state index is 0.0802. The van der Waals surface area contributed by atoms with Crippen LogP contribution in [0.25, 0.3) is 5.65 Å². The second-order valence-electron chi connectivity index (χ2n) is 4.84. The van der Waals surface area contributed by atoms with E-state index in [0.29, 0.717) is 15.9 Å². The van der Waals surface area contributed by atoms with Crippen molar-refractivity contribution < 1.29 is 9.72 Å². The predicted octanol–water partition coefficient (Wildman–Crippen LogP) is 3.19. The number of nitro benzene ring substituents is 1. The van der Waals surface area contributed by atoms with E-state index in [2.05, 4.69) is 26.2 Å². The molecule has 3 rings (SSSR count). The molecule has 0 bridgehead atoms. The number of aromatic nitrogens is 2. The maximum Gasteiger partial charge on any atom is 0.271 e. The van der Waals surface area contributed by atoms with Gasteiger partial charge in [-0.05, 0) is 34.1 Å². The largest absolute Gasteiger partial charge is 0.325 e. The summed E-state index contributed by atoms with van der Waals surface area (Å²) in [6.45, 7) is 0. The van der Waals surface area contributed by atoms with Crippen molar-refractivity contribution in [2.45, 2.75) is 6.42 Å². The van der Waals surface area contributed by atoms with Crippen molar-refractivity contribution in [1.29, 1.82) is 0 Å². The SMILES string of the molecule is O=C(Cc1cn2ccccc2n1)Nc1cc([N+](=O)[O-])ccc1Br. The highest BCUT2D eigenvalue weighted by Gasteiger charge is 2.13. The molecule has 8 heteroatoms. The van der Waals surface area contributed by atoms with Crippen LogP contribution in [0, 0.1) is 10.1 Å². The Morgan fingerprint density at radius 3 is 2.91 bits per heavy atom. The topological polar surface area (TPSA) is 89.5 Å². The first kappa shape index (κ1) is 15.2. The number of amides is 1. The Morgan fingerprint density at radius 1 is 1.35 bits per heavy atom. The van der Waals surface area contributed by atoms with E-state index in [9.17, 15) is 14.9 Å². The number of carbonyl (C=O) groups is 1. The maximum atomic E-state index is 12.1. The van der Waals surface area contributed by atoms with Crippen molar-refractivity contribution in [3.8, 4) is 0 Å². The van der Waals surface area contributed by atoms with E-state index in [4.69, 9.17) is 0 Å². The molecule has 2 heterocycles. The minimum atomic E-state index is -0.510. The number of pyridine rings is 1. The molecule has 0 aliphatic carbocycles. The molecule has 0 unspecified atom stereocenters. The summed E-state index contributed by atoms with van der Waals surface area (Å²) >= 11 is 3.26. The number of halogens is 1. The monoisotopic (exact) mass is 374 g/mol. The molecule has 23 heavy (non-hydrogen) atoms. The van der Waals surface area contributed by atoms with Crippen LogP contribution in [-0.2, 0) is 11.2 Å². The van der Waals surface area contributed by atoms with Gasteiger partial charge < -0.3 is 9.72 Å². The molecular formula is C15H11BrN4O3. The number of carbonyl (C=O) groups excluding carboxylic acids is 1. The lowest BCUT2D eigenvalue weighted by atomic mass is 10.2. The fourth-order valence-electron chi connectivity index (χ4n) is 2.15. The van der Waals surface area contributed by atoms with Crippen LogP contribution in [0.1, 0.15) is 5.69 Å². The zero-order valence-electron chi connectivity index (χ0n) is 11.8. The Labute approximate surface area is 139 Å². The second-order valence-corrected chi connectivity index (χ2v) is 5.70. The van der Waals surface area contributed by atoms with Gasteiger partial charge in [0.15, 0.2) is 0 Å². The van der Waals surface area contributed by atoms with Crippen molar-refractivity contribution >= 4 is 38.9 Å². The lowest BCUT2D eigenvalue weighted by molar-refractivity contribution is -0.384. The number of hydrogen-bond donors (Lipinski definition) is 1. The Morgan fingerprint density at radius 2 is 2.17 bits per heavy atom. The normalized spacial score (nSPS) is 10.7. The fourth-order valence-corrected chi connectivity index (χ4v) is 2.50. The van der Waals surface area contributed by atoms with Gasteiger partial charge in [0.05, 0.1) is 22.7 Å². The van der Waals surface area contributed by atoms with E-state index in [1.165, 1.54) is 18.2 Å². The number of hydrogen-bond acceptors (Lipinski definition) is 4. The van der Waals surface area contributed by atoms with Gasteiger partial charge in [-0.3, -0.25) is 14.9 Å². The van der Waals surface area contributed by atoms with Gasteiger partial charge in [0, 0.05) is 29.0 Å². The summed E-state index contributed by atoms with van der Waals surface area (Å²) in [5.41, 5.74) is 1.64. The fraction of sp³-hybridized carbons (Fsp3) is 0.0667. The molecule has 0 spiro atoms. The third kappa shape index (κ3) is 3.37. The van der Waals surface area contributed by atoms with Crippen molar-refractivity contribution in [3.05, 3.63) is 69.1 Å². The van der Waals surface area contributed by atoms with Crippen LogP contribution < -0.4 is 5.32 Å². The molecule has 116 valence electrons. The Bertz CT molecular complexity index is 874. The van der Waals surface area contributed by atoms with Crippen molar-refractivity contribution in [1.82, 2.24) is 9.38 Å². The minimum Gasteiger partial charge on any atom is -0.325 e. The zero-order valence-corrected chi connectivity index (χ0v) is 13.4. The average Bonchev–Trinajstić information content (AvgIpc) is 2.91. The van der Waals surface area contributed by atoms with E-state index in [1.807, 2.05) is 28.8 Å². The number of anilines is 1. The van der Waals surface area contributed by atoms with E-state index in [-0.39, 0.29) is 18.0 Å². The number of fused-ring (bicyclic) bond motifs is 1. The van der Waals surface area contributed by atoms with E-state index < -0.39 is 4.92 Å². The van der Waals surface area contributed by atoms with E-state index in [0.717, 1.165) is 5.65 Å². The summed E-state index contributed by atoms with van der Waals surface area (Å²) < 4.78 is 2.40. The molecule has 1 aromatic carbocycles. The molecule has 0 saturated heterocycles. The molecule has 0 aliphatic rings. The molecule has 0 aliphatic heterocycles. The molecule has 1 amide bonds. The van der Waals surface area contributed by atoms with Crippen molar-refractivity contribution in [2.24, 2.45) is 0 Å². The smallest absolute Gasteiger partial charge is 0.271 e. The van der Waals surface area contributed by atoms with Gasteiger partial charge in [-0.15, -0.1) is 0 Å². The van der Waals surface area contributed by atoms with Gasteiger partial charge in [0.1, 0.15) is 5.65 Å². The number of imidazole rings is 1. The molecule has 1 N–H and O–H groups in total. The second kappa shape index (κ2) is 6.17. The molecule has 2 aromatic heterocycles. The first-order valence-corrected chi connectivity index (χ1v) is 7.48. The van der Waals surface area contributed by atoms with Crippen molar-refractivity contribution in [2.75, 3.05) is 5.32 Å². The highest BCUT2D eigenvalue weighted by molar-refractivity contribution is 9.10. The number of benzene rings is 1. The molecule has 3 aromatic rings. The zero-order chi connectivity index (χ0) is 16.4. The summed E-state index contributed by atoms with van der Waals surface area (Å²) in [5, 5.41) is 13.5. The van der Waals surface area contributed by atoms with E-state index >= 15 is 0 Å². The predicted molar refractivity (Wildman–Crippen MR) is 88.3 cm³/mol. The van der Waals surface area contributed by atoms with Gasteiger partial charge in [-0.25, -0.2) is 4.98 Å². The quantitative estimate of drug-likeness (QED) is 0.560. The van der Waals surface area contributed by atoms with Crippen LogP contribution in [0.15, 0.2) is 53.3 Å². The highest BCUT2D eigenvalue weighted by atomic mass is 79.9. The highest BCUT2D eigenvalue weighted by Crippen LogP contribution is 2.27. The number of rotatable bonds is 4. The number of non-ortho nitro benzene ring substituents is 1. The molecule has 0 atom stereocenters. The standard InChI is InChI=1S/C15H11BrN4O3/c16-12-5-4-11(20(22)23)8-13(12)18-15(21)7-10-9-19-6-2-1-3-14(19)17-10/h1-6,8-9H,7H2,(H,18,21). The number of nitrogens with one attached hydrogen (secondary N) is 1. The number of nitro groups is 1. The van der Waals surface area contributed by atoms with Crippen LogP contribution in [-0.4, -0.2) is 20.2 Å². The Kier molecular flexibility index (Phi) is 4.07. The first-order chi connectivity index (χ1) is 11.0. The Hall–Kier alpha value is -2.74. The third-order valence-electron chi connectivity index (χ3n) is 3.19. The van der Waals surface area contributed by atoms with Gasteiger partial charge in [-0.2, -0.15) is 0 Å². The summed E-state index contributed by atoms with van der Waals surface area (Å²) in [7, 11) is 0. The lowest BCUT2D eigenvalue weighted by Crippen LogP contribution is -2.15.